The molecule has 22 heavy (non-hydrogen) atoms. The molecule has 0 radical (unpaired) electrons. The van der Waals surface area contributed by atoms with E-state index in [0.717, 1.165) is 25.7 Å². The van der Waals surface area contributed by atoms with E-state index in [4.69, 9.17) is 9.47 Å². The molecule has 0 spiro atoms. The highest BCUT2D eigenvalue weighted by molar-refractivity contribution is 5.12. The molecule has 0 unspecified atom stereocenters. The van der Waals surface area contributed by atoms with Crippen LogP contribution < -0.4 is 0 Å². The van der Waals surface area contributed by atoms with Crippen molar-refractivity contribution in [3.8, 4) is 0 Å². The van der Waals surface area contributed by atoms with Crippen molar-refractivity contribution in [1.82, 2.24) is 0 Å². The third-order valence-electron chi connectivity index (χ3n) is 6.73. The minimum Gasteiger partial charge on any atom is -0.396 e. The number of aliphatic hydroxyl groups is 2. The Labute approximate surface area is 134 Å². The molecule has 7 atom stereocenters. The molecule has 0 amide bonds. The standard InChI is InChI=1S/C18H32O4/c1-11(10-19)12-6-8-17(4)13(20)7-9-18(5)15(17)14(12)21-16(2,3)22-18/h11-15,19-20H,6-10H2,1-5H3/t11-,12+,13-,14+,15-,17+,18-/m1/s1. The molecule has 2 N–H and O–H groups in total. The van der Waals surface area contributed by atoms with E-state index in [1.54, 1.807) is 0 Å². The van der Waals surface area contributed by atoms with Crippen molar-refractivity contribution in [2.45, 2.75) is 83.9 Å². The minimum absolute atomic E-state index is 0.0459. The summed E-state index contributed by atoms with van der Waals surface area (Å²) in [6, 6.07) is 0. The topological polar surface area (TPSA) is 58.9 Å². The first-order valence-corrected chi connectivity index (χ1v) is 8.80. The van der Waals surface area contributed by atoms with Gasteiger partial charge in [0.1, 0.15) is 0 Å². The number of ether oxygens (including phenoxy) is 2. The smallest absolute Gasteiger partial charge is 0.163 e. The molecule has 1 saturated heterocycles. The summed E-state index contributed by atoms with van der Waals surface area (Å²) in [5, 5.41) is 20.3. The maximum Gasteiger partial charge on any atom is 0.163 e. The lowest BCUT2D eigenvalue weighted by atomic mass is 9.49. The molecular weight excluding hydrogens is 280 g/mol. The van der Waals surface area contributed by atoms with Gasteiger partial charge in [0.05, 0.1) is 17.8 Å². The Bertz CT molecular complexity index is 437. The van der Waals surface area contributed by atoms with Crippen LogP contribution in [-0.2, 0) is 9.47 Å². The van der Waals surface area contributed by atoms with Crippen molar-refractivity contribution in [2.24, 2.45) is 23.2 Å². The van der Waals surface area contributed by atoms with Gasteiger partial charge in [-0.3, -0.25) is 0 Å². The van der Waals surface area contributed by atoms with Crippen molar-refractivity contribution in [2.75, 3.05) is 6.61 Å². The third-order valence-corrected chi connectivity index (χ3v) is 6.73. The first-order valence-electron chi connectivity index (χ1n) is 8.80. The van der Waals surface area contributed by atoms with Gasteiger partial charge in [0.15, 0.2) is 5.79 Å². The molecule has 2 saturated carbocycles. The van der Waals surface area contributed by atoms with Crippen molar-refractivity contribution in [1.29, 1.82) is 0 Å². The second-order valence-electron chi connectivity index (χ2n) is 8.80. The third kappa shape index (κ3) is 2.34. The van der Waals surface area contributed by atoms with E-state index in [9.17, 15) is 10.2 Å². The van der Waals surface area contributed by atoms with E-state index >= 15 is 0 Å². The average molecular weight is 312 g/mol. The lowest BCUT2D eigenvalue weighted by Gasteiger charge is -2.65. The summed E-state index contributed by atoms with van der Waals surface area (Å²) in [4.78, 5) is 0. The second kappa shape index (κ2) is 5.17. The van der Waals surface area contributed by atoms with Gasteiger partial charge in [-0.2, -0.15) is 0 Å². The maximum atomic E-state index is 10.7. The lowest BCUT2D eigenvalue weighted by Crippen LogP contribution is -2.70. The molecule has 0 aromatic heterocycles. The van der Waals surface area contributed by atoms with E-state index in [0.29, 0.717) is 5.92 Å². The van der Waals surface area contributed by atoms with Gasteiger partial charge < -0.3 is 19.7 Å². The first-order chi connectivity index (χ1) is 10.1. The van der Waals surface area contributed by atoms with Gasteiger partial charge in [-0.25, -0.2) is 0 Å². The van der Waals surface area contributed by atoms with Crippen LogP contribution in [-0.4, -0.2) is 40.4 Å². The van der Waals surface area contributed by atoms with Gasteiger partial charge in [-0.05, 0) is 58.3 Å². The Balaban J connectivity index is 2.03. The monoisotopic (exact) mass is 312 g/mol. The minimum atomic E-state index is -0.607. The number of hydrogen-bond acceptors (Lipinski definition) is 4. The van der Waals surface area contributed by atoms with Crippen molar-refractivity contribution < 1.29 is 19.7 Å². The fourth-order valence-corrected chi connectivity index (χ4v) is 5.67. The van der Waals surface area contributed by atoms with Gasteiger partial charge in [-0.1, -0.05) is 13.8 Å². The van der Waals surface area contributed by atoms with Crippen molar-refractivity contribution in [3.05, 3.63) is 0 Å². The summed E-state index contributed by atoms with van der Waals surface area (Å²) in [7, 11) is 0. The summed E-state index contributed by atoms with van der Waals surface area (Å²) in [6.07, 6.45) is 3.41. The van der Waals surface area contributed by atoms with E-state index in [1.807, 2.05) is 13.8 Å². The van der Waals surface area contributed by atoms with Crippen molar-refractivity contribution >= 4 is 0 Å². The highest BCUT2D eigenvalue weighted by atomic mass is 16.7. The summed E-state index contributed by atoms with van der Waals surface area (Å²) in [5.41, 5.74) is -0.409. The predicted molar refractivity (Wildman–Crippen MR) is 84.3 cm³/mol. The van der Waals surface area contributed by atoms with Crippen LogP contribution in [0.3, 0.4) is 0 Å². The van der Waals surface area contributed by atoms with Crippen LogP contribution in [0, 0.1) is 23.2 Å². The molecule has 128 valence electrons. The molecule has 0 aromatic rings. The Hall–Kier alpha value is -0.160. The van der Waals surface area contributed by atoms with E-state index in [1.165, 1.54) is 0 Å². The lowest BCUT2D eigenvalue weighted by molar-refractivity contribution is -0.399. The quantitative estimate of drug-likeness (QED) is 0.823. The molecule has 4 heteroatoms. The Morgan fingerprint density at radius 1 is 1.14 bits per heavy atom. The fraction of sp³-hybridized carbons (Fsp3) is 1.00. The molecule has 0 bridgehead atoms. The molecule has 0 aromatic carbocycles. The second-order valence-corrected chi connectivity index (χ2v) is 8.80. The molecular formula is C18H32O4. The normalized spacial score (nSPS) is 52.0. The highest BCUT2D eigenvalue weighted by Crippen LogP contribution is 2.61. The molecule has 2 aliphatic carbocycles. The molecule has 3 fully saturated rings. The van der Waals surface area contributed by atoms with Gasteiger partial charge in [-0.15, -0.1) is 0 Å². The van der Waals surface area contributed by atoms with Crippen LogP contribution in [0.25, 0.3) is 0 Å². The van der Waals surface area contributed by atoms with E-state index in [-0.39, 0.29) is 41.7 Å². The summed E-state index contributed by atoms with van der Waals surface area (Å²) in [5.74, 6) is 0.122. The highest BCUT2D eigenvalue weighted by Gasteiger charge is 2.65. The van der Waals surface area contributed by atoms with Crippen LogP contribution in [0.15, 0.2) is 0 Å². The number of aliphatic hydroxyl groups excluding tert-OH is 2. The largest absolute Gasteiger partial charge is 0.396 e. The van der Waals surface area contributed by atoms with Gasteiger partial charge in [0.2, 0.25) is 0 Å². The zero-order chi connectivity index (χ0) is 16.3. The summed E-state index contributed by atoms with van der Waals surface area (Å²) >= 11 is 0. The average Bonchev–Trinajstić information content (AvgIpc) is 2.41. The van der Waals surface area contributed by atoms with Crippen LogP contribution in [0.1, 0.15) is 60.3 Å². The Kier molecular flexibility index (Phi) is 3.92. The molecule has 3 aliphatic rings. The Morgan fingerprint density at radius 3 is 2.45 bits per heavy atom. The van der Waals surface area contributed by atoms with Crippen LogP contribution in [0.4, 0.5) is 0 Å². The van der Waals surface area contributed by atoms with Crippen LogP contribution in [0.5, 0.6) is 0 Å². The SMILES string of the molecule is C[C@H](CO)[C@@H]1CC[C@@]2(C)[C@H](O)CC[C@@]3(C)OC(C)(C)O[C@@H]1[C@H]23. The maximum absolute atomic E-state index is 10.7. The summed E-state index contributed by atoms with van der Waals surface area (Å²) in [6.45, 7) is 10.7. The van der Waals surface area contributed by atoms with E-state index in [2.05, 4.69) is 20.8 Å². The molecule has 1 heterocycles. The van der Waals surface area contributed by atoms with Gasteiger partial charge in [0, 0.05) is 17.9 Å². The molecule has 4 nitrogen and oxygen atoms in total. The fourth-order valence-electron chi connectivity index (χ4n) is 5.67. The van der Waals surface area contributed by atoms with Gasteiger partial charge >= 0.3 is 0 Å². The predicted octanol–water partition coefficient (Wildman–Crippen LogP) is 2.71. The zero-order valence-corrected chi connectivity index (χ0v) is 14.6. The van der Waals surface area contributed by atoms with Crippen LogP contribution in [0.2, 0.25) is 0 Å². The van der Waals surface area contributed by atoms with E-state index < -0.39 is 5.79 Å². The van der Waals surface area contributed by atoms with Gasteiger partial charge in [0.25, 0.3) is 0 Å². The zero-order valence-electron chi connectivity index (χ0n) is 14.6. The molecule has 1 aliphatic heterocycles. The Morgan fingerprint density at radius 2 is 1.82 bits per heavy atom. The van der Waals surface area contributed by atoms with Crippen LogP contribution >= 0.6 is 0 Å². The van der Waals surface area contributed by atoms with Crippen molar-refractivity contribution in [3.63, 3.8) is 0 Å². The number of hydrogen-bond donors (Lipinski definition) is 2. The first kappa shape index (κ1) is 16.7. The summed E-state index contributed by atoms with van der Waals surface area (Å²) < 4.78 is 12.8. The number of rotatable bonds is 2. The molecule has 3 rings (SSSR count).